The Morgan fingerprint density at radius 2 is 1.79 bits per heavy atom. The molecule has 0 aromatic heterocycles. The van der Waals surface area contributed by atoms with E-state index >= 15 is 0 Å². The highest BCUT2D eigenvalue weighted by atomic mass is 14.6. The van der Waals surface area contributed by atoms with Crippen LogP contribution in [-0.2, 0) is 0 Å². The van der Waals surface area contributed by atoms with E-state index in [2.05, 4.69) is 48.1 Å². The smallest absolute Gasteiger partial charge is 0.0234 e. The highest BCUT2D eigenvalue weighted by Crippen LogP contribution is 2.60. The first kappa shape index (κ1) is 20.1. The van der Waals surface area contributed by atoms with Gasteiger partial charge in [-0.1, -0.05) is 79.4 Å². The fraction of sp³-hybridized carbons (Fsp3) is 0.917. The zero-order valence-corrected chi connectivity index (χ0v) is 17.5. The second-order valence-electron chi connectivity index (χ2n) is 10.2. The Kier molecular flexibility index (Phi) is 7.03. The average Bonchev–Trinajstić information content (AvgIpc) is 3.14. The van der Waals surface area contributed by atoms with Gasteiger partial charge < -0.3 is 0 Å². The van der Waals surface area contributed by atoms with Crippen molar-refractivity contribution in [3.05, 3.63) is 12.2 Å². The van der Waals surface area contributed by atoms with Crippen LogP contribution in [0.4, 0.5) is 0 Å². The molecule has 0 aromatic carbocycles. The minimum absolute atomic E-state index is 0.670. The monoisotopic (exact) mass is 332 g/mol. The SMILES string of the molecule is C=C1CC(C)CC(C)C(CC2(C)CC2CCC)C(C)CCCC1C. The highest BCUT2D eigenvalue weighted by Gasteiger charge is 2.50. The van der Waals surface area contributed by atoms with E-state index in [0.717, 1.165) is 35.5 Å². The standard InChI is InChI=1S/C24H44/c1-8-10-22-15-24(22,7)16-23-19(4)12-9-11-18(3)20(5)13-17(2)14-21(23)6/h17-19,21-23H,5,8-16H2,1-4,6-7H3. The molecule has 2 rings (SSSR count). The number of hydrogen-bond donors (Lipinski definition) is 0. The van der Waals surface area contributed by atoms with E-state index in [1.54, 1.807) is 0 Å². The third-order valence-corrected chi connectivity index (χ3v) is 7.72. The zero-order valence-electron chi connectivity index (χ0n) is 17.5. The molecule has 24 heavy (non-hydrogen) atoms. The molecule has 7 atom stereocenters. The van der Waals surface area contributed by atoms with Gasteiger partial charge in [0.2, 0.25) is 0 Å². The fourth-order valence-electron chi connectivity index (χ4n) is 5.76. The number of hydrogen-bond acceptors (Lipinski definition) is 0. The lowest BCUT2D eigenvalue weighted by atomic mass is 9.72. The van der Waals surface area contributed by atoms with Crippen molar-refractivity contribution < 1.29 is 0 Å². The highest BCUT2D eigenvalue weighted by molar-refractivity contribution is 5.02. The molecular weight excluding hydrogens is 288 g/mol. The predicted octanol–water partition coefficient (Wildman–Crippen LogP) is 7.88. The molecule has 0 N–H and O–H groups in total. The second-order valence-corrected chi connectivity index (χ2v) is 10.2. The molecule has 0 saturated heterocycles. The van der Waals surface area contributed by atoms with E-state index in [0.29, 0.717) is 5.41 Å². The van der Waals surface area contributed by atoms with Crippen molar-refractivity contribution in [3.8, 4) is 0 Å². The van der Waals surface area contributed by atoms with Crippen LogP contribution in [0, 0.1) is 40.9 Å². The van der Waals surface area contributed by atoms with Crippen LogP contribution >= 0.6 is 0 Å². The van der Waals surface area contributed by atoms with Crippen molar-refractivity contribution in [1.29, 1.82) is 0 Å². The van der Waals surface area contributed by atoms with Gasteiger partial charge in [0.25, 0.3) is 0 Å². The van der Waals surface area contributed by atoms with Crippen molar-refractivity contribution in [1.82, 2.24) is 0 Å². The molecule has 0 radical (unpaired) electrons. The van der Waals surface area contributed by atoms with Crippen LogP contribution in [0.25, 0.3) is 0 Å². The topological polar surface area (TPSA) is 0 Å². The Bertz CT molecular complexity index is 408. The molecule has 2 fully saturated rings. The van der Waals surface area contributed by atoms with Gasteiger partial charge in [-0.3, -0.25) is 0 Å². The molecule has 140 valence electrons. The van der Waals surface area contributed by atoms with E-state index in [-0.39, 0.29) is 0 Å². The molecule has 2 saturated carbocycles. The molecular formula is C24H44. The van der Waals surface area contributed by atoms with Crippen molar-refractivity contribution in [2.75, 3.05) is 0 Å². The third-order valence-electron chi connectivity index (χ3n) is 7.72. The Morgan fingerprint density at radius 1 is 1.08 bits per heavy atom. The summed E-state index contributed by atoms with van der Waals surface area (Å²) in [5.41, 5.74) is 2.18. The Labute approximate surface area is 152 Å². The summed E-state index contributed by atoms with van der Waals surface area (Å²) in [7, 11) is 0. The molecule has 0 aliphatic heterocycles. The third kappa shape index (κ3) is 5.12. The summed E-state index contributed by atoms with van der Waals surface area (Å²) < 4.78 is 0. The molecule has 0 bridgehead atoms. The maximum Gasteiger partial charge on any atom is -0.0234 e. The van der Waals surface area contributed by atoms with Gasteiger partial charge in [0, 0.05) is 0 Å². The minimum Gasteiger partial charge on any atom is -0.0996 e. The lowest BCUT2D eigenvalue weighted by molar-refractivity contribution is 0.164. The molecule has 2 aliphatic rings. The van der Waals surface area contributed by atoms with Crippen LogP contribution in [-0.4, -0.2) is 0 Å². The summed E-state index contributed by atoms with van der Waals surface area (Å²) in [6.45, 7) is 19.3. The summed E-state index contributed by atoms with van der Waals surface area (Å²) in [6, 6.07) is 0. The van der Waals surface area contributed by atoms with Crippen molar-refractivity contribution in [2.45, 2.75) is 99.3 Å². The van der Waals surface area contributed by atoms with E-state index in [1.807, 2.05) is 0 Å². The van der Waals surface area contributed by atoms with Gasteiger partial charge in [0.15, 0.2) is 0 Å². The summed E-state index contributed by atoms with van der Waals surface area (Å²) >= 11 is 0. The summed E-state index contributed by atoms with van der Waals surface area (Å²) in [6.07, 6.45) is 12.6. The lowest BCUT2D eigenvalue weighted by Crippen LogP contribution is -2.25. The van der Waals surface area contributed by atoms with E-state index in [1.165, 1.54) is 63.4 Å². The Balaban J connectivity index is 2.05. The van der Waals surface area contributed by atoms with Gasteiger partial charge in [-0.15, -0.1) is 0 Å². The zero-order chi connectivity index (χ0) is 17.9. The first-order valence-corrected chi connectivity index (χ1v) is 10.9. The molecule has 0 spiro atoms. The van der Waals surface area contributed by atoms with Crippen LogP contribution in [0.15, 0.2) is 12.2 Å². The number of rotatable bonds is 4. The van der Waals surface area contributed by atoms with E-state index in [9.17, 15) is 0 Å². The van der Waals surface area contributed by atoms with Crippen molar-refractivity contribution in [3.63, 3.8) is 0 Å². The molecule has 7 unspecified atom stereocenters. The van der Waals surface area contributed by atoms with Crippen LogP contribution in [0.2, 0.25) is 0 Å². The van der Waals surface area contributed by atoms with Gasteiger partial charge in [-0.25, -0.2) is 0 Å². The maximum atomic E-state index is 4.41. The summed E-state index contributed by atoms with van der Waals surface area (Å²) in [4.78, 5) is 0. The van der Waals surface area contributed by atoms with E-state index in [4.69, 9.17) is 0 Å². The molecule has 0 heteroatoms. The van der Waals surface area contributed by atoms with Crippen LogP contribution < -0.4 is 0 Å². The molecule has 2 aliphatic carbocycles. The Hall–Kier alpha value is -0.260. The minimum atomic E-state index is 0.670. The molecule has 0 aromatic rings. The first-order valence-electron chi connectivity index (χ1n) is 10.9. The fourth-order valence-corrected chi connectivity index (χ4v) is 5.76. The molecule has 0 nitrogen and oxygen atoms in total. The quantitative estimate of drug-likeness (QED) is 0.459. The van der Waals surface area contributed by atoms with Crippen LogP contribution in [0.5, 0.6) is 0 Å². The summed E-state index contributed by atoms with van der Waals surface area (Å²) in [5, 5.41) is 0. The first-order chi connectivity index (χ1) is 11.3. The van der Waals surface area contributed by atoms with Gasteiger partial charge in [0.1, 0.15) is 0 Å². The average molecular weight is 333 g/mol. The van der Waals surface area contributed by atoms with E-state index < -0.39 is 0 Å². The van der Waals surface area contributed by atoms with Gasteiger partial charge in [0.05, 0.1) is 0 Å². The van der Waals surface area contributed by atoms with Gasteiger partial charge >= 0.3 is 0 Å². The Morgan fingerprint density at radius 3 is 2.46 bits per heavy atom. The van der Waals surface area contributed by atoms with Crippen molar-refractivity contribution in [2.24, 2.45) is 40.9 Å². The molecule has 0 heterocycles. The largest absolute Gasteiger partial charge is 0.0996 e. The van der Waals surface area contributed by atoms with Gasteiger partial charge in [-0.2, -0.15) is 0 Å². The number of allylic oxidation sites excluding steroid dienone is 1. The maximum absolute atomic E-state index is 4.41. The van der Waals surface area contributed by atoms with Crippen LogP contribution in [0.3, 0.4) is 0 Å². The van der Waals surface area contributed by atoms with Crippen molar-refractivity contribution >= 4 is 0 Å². The van der Waals surface area contributed by atoms with Gasteiger partial charge in [-0.05, 0) is 73.0 Å². The predicted molar refractivity (Wildman–Crippen MR) is 108 cm³/mol. The molecule has 0 amide bonds. The summed E-state index contributed by atoms with van der Waals surface area (Å²) in [5.74, 6) is 5.25. The van der Waals surface area contributed by atoms with Crippen LogP contribution in [0.1, 0.15) is 99.3 Å². The normalized spacial score (nSPS) is 44.8. The second kappa shape index (κ2) is 8.41. The lowest BCUT2D eigenvalue weighted by Gasteiger charge is -2.34.